The van der Waals surface area contributed by atoms with Gasteiger partial charge in [0, 0.05) is 6.16 Å². The summed E-state index contributed by atoms with van der Waals surface area (Å²) in [5, 5.41) is 0. The molecule has 0 aromatic heterocycles. The highest BCUT2D eigenvalue weighted by Gasteiger charge is 2.27. The first-order valence-corrected chi connectivity index (χ1v) is 7.35. The van der Waals surface area contributed by atoms with Gasteiger partial charge in [0.25, 0.3) is 0 Å². The third kappa shape index (κ3) is 3.72. The van der Waals surface area contributed by atoms with Crippen LogP contribution in [0.5, 0.6) is 0 Å². The van der Waals surface area contributed by atoms with E-state index >= 15 is 0 Å². The first-order valence-electron chi connectivity index (χ1n) is 5.62. The number of hydrogen-bond acceptors (Lipinski definition) is 3. The topological polar surface area (TPSA) is 35.5 Å². The molecule has 1 atom stereocenters. The molecule has 0 spiro atoms. The van der Waals surface area contributed by atoms with Crippen LogP contribution in [-0.2, 0) is 13.6 Å². The molecule has 1 unspecified atom stereocenters. The lowest BCUT2D eigenvalue weighted by molar-refractivity contribution is 0.120. The second-order valence-electron chi connectivity index (χ2n) is 3.71. The zero-order chi connectivity index (χ0) is 10.4. The van der Waals surface area contributed by atoms with Gasteiger partial charge in [-0.3, -0.25) is 4.57 Å². The summed E-state index contributed by atoms with van der Waals surface area (Å²) < 4.78 is 22.8. The summed E-state index contributed by atoms with van der Waals surface area (Å²) in [6.45, 7) is 4.18. The van der Waals surface area contributed by atoms with E-state index in [9.17, 15) is 4.57 Å². The Labute approximate surface area is 86.7 Å². The van der Waals surface area contributed by atoms with Crippen molar-refractivity contribution in [2.24, 2.45) is 0 Å². The van der Waals surface area contributed by atoms with Crippen LogP contribution in [0.15, 0.2) is 0 Å². The molecule has 0 heterocycles. The minimum atomic E-state index is -2.77. The van der Waals surface area contributed by atoms with Crippen LogP contribution in [0.4, 0.5) is 0 Å². The molecule has 0 amide bonds. The molecule has 0 aromatic rings. The molecular weight excluding hydrogens is 199 g/mol. The predicted molar refractivity (Wildman–Crippen MR) is 57.7 cm³/mol. The Morgan fingerprint density at radius 1 is 1.21 bits per heavy atom. The zero-order valence-electron chi connectivity index (χ0n) is 9.20. The molecule has 14 heavy (non-hydrogen) atoms. The molecule has 1 fully saturated rings. The minimum Gasteiger partial charge on any atom is -0.309 e. The van der Waals surface area contributed by atoms with E-state index in [-0.39, 0.29) is 6.10 Å². The lowest BCUT2D eigenvalue weighted by atomic mass is 9.98. The van der Waals surface area contributed by atoms with E-state index in [1.54, 1.807) is 0 Å². The van der Waals surface area contributed by atoms with Crippen molar-refractivity contribution in [1.29, 1.82) is 0 Å². The molecular formula is C10H21O3P. The van der Waals surface area contributed by atoms with Gasteiger partial charge < -0.3 is 9.05 Å². The first kappa shape index (κ1) is 12.2. The lowest BCUT2D eigenvalue weighted by Crippen LogP contribution is -2.16. The molecule has 3 nitrogen and oxygen atoms in total. The third-order valence-electron chi connectivity index (χ3n) is 2.57. The highest BCUT2D eigenvalue weighted by molar-refractivity contribution is 7.53. The van der Waals surface area contributed by atoms with Crippen LogP contribution in [0.2, 0.25) is 0 Å². The van der Waals surface area contributed by atoms with E-state index < -0.39 is 7.60 Å². The van der Waals surface area contributed by atoms with Crippen LogP contribution >= 0.6 is 7.60 Å². The van der Waals surface area contributed by atoms with Gasteiger partial charge in [-0.2, -0.15) is 0 Å². The predicted octanol–water partition coefficient (Wildman–Crippen LogP) is 3.59. The maximum absolute atomic E-state index is 12.0. The van der Waals surface area contributed by atoms with Crippen molar-refractivity contribution in [3.8, 4) is 0 Å². The van der Waals surface area contributed by atoms with E-state index in [0.717, 1.165) is 12.8 Å². The van der Waals surface area contributed by atoms with Crippen LogP contribution in [-0.4, -0.2) is 18.9 Å². The van der Waals surface area contributed by atoms with Gasteiger partial charge in [-0.25, -0.2) is 0 Å². The van der Waals surface area contributed by atoms with Crippen molar-refractivity contribution >= 4 is 7.60 Å². The van der Waals surface area contributed by atoms with Gasteiger partial charge in [-0.1, -0.05) is 26.2 Å². The Hall–Kier alpha value is 0.150. The summed E-state index contributed by atoms with van der Waals surface area (Å²) >= 11 is 0. The van der Waals surface area contributed by atoms with E-state index in [1.807, 2.05) is 13.8 Å². The Morgan fingerprint density at radius 3 is 2.36 bits per heavy atom. The summed E-state index contributed by atoms with van der Waals surface area (Å²) in [6.07, 6.45) is 6.40. The van der Waals surface area contributed by atoms with E-state index in [2.05, 4.69) is 0 Å². The first-order chi connectivity index (χ1) is 6.70. The Kier molecular flexibility index (Phi) is 5.14. The molecule has 0 N–H and O–H groups in total. The molecule has 0 bridgehead atoms. The maximum Gasteiger partial charge on any atom is 0.330 e. The fourth-order valence-corrected chi connectivity index (χ4v) is 3.24. The van der Waals surface area contributed by atoms with Crippen molar-refractivity contribution in [2.75, 3.05) is 12.8 Å². The smallest absolute Gasteiger partial charge is 0.309 e. The largest absolute Gasteiger partial charge is 0.330 e. The molecule has 84 valence electrons. The summed E-state index contributed by atoms with van der Waals surface area (Å²) in [7, 11) is -2.77. The van der Waals surface area contributed by atoms with Crippen molar-refractivity contribution in [2.45, 2.75) is 52.1 Å². The van der Waals surface area contributed by atoms with Crippen molar-refractivity contribution < 1.29 is 13.6 Å². The van der Waals surface area contributed by atoms with Gasteiger partial charge in [-0.05, 0) is 19.8 Å². The molecule has 0 aliphatic heterocycles. The van der Waals surface area contributed by atoms with Crippen LogP contribution < -0.4 is 0 Å². The number of hydrogen-bond donors (Lipinski definition) is 0. The highest BCUT2D eigenvalue weighted by atomic mass is 31.2. The molecule has 1 rings (SSSR count). The molecule has 1 aliphatic rings. The summed E-state index contributed by atoms with van der Waals surface area (Å²) in [5.41, 5.74) is 0. The van der Waals surface area contributed by atoms with E-state index in [4.69, 9.17) is 9.05 Å². The van der Waals surface area contributed by atoms with Gasteiger partial charge in [-0.15, -0.1) is 0 Å². The van der Waals surface area contributed by atoms with Crippen molar-refractivity contribution in [3.63, 3.8) is 0 Å². The second kappa shape index (κ2) is 5.89. The van der Waals surface area contributed by atoms with Crippen LogP contribution in [0.1, 0.15) is 46.0 Å². The van der Waals surface area contributed by atoms with Crippen LogP contribution in [0, 0.1) is 0 Å². The average molecular weight is 220 g/mol. The van der Waals surface area contributed by atoms with Gasteiger partial charge in [0.1, 0.15) is 0 Å². The van der Waals surface area contributed by atoms with Gasteiger partial charge in [0.05, 0.1) is 12.7 Å². The van der Waals surface area contributed by atoms with Crippen LogP contribution in [0.3, 0.4) is 0 Å². The maximum atomic E-state index is 12.0. The summed E-state index contributed by atoms with van der Waals surface area (Å²) in [5.74, 6) is 0. The standard InChI is InChI=1S/C10H21O3P/c1-3-12-14(11,4-2)13-10-8-6-5-7-9-10/h10H,3-9H2,1-2H3. The molecule has 0 saturated heterocycles. The normalized spacial score (nSPS) is 23.3. The van der Waals surface area contributed by atoms with Gasteiger partial charge >= 0.3 is 7.60 Å². The zero-order valence-corrected chi connectivity index (χ0v) is 10.1. The summed E-state index contributed by atoms with van der Waals surface area (Å²) in [6, 6.07) is 0. The fraction of sp³-hybridized carbons (Fsp3) is 1.00. The second-order valence-corrected chi connectivity index (χ2v) is 6.03. The van der Waals surface area contributed by atoms with Crippen molar-refractivity contribution in [1.82, 2.24) is 0 Å². The van der Waals surface area contributed by atoms with E-state index in [1.165, 1.54) is 19.3 Å². The fourth-order valence-electron chi connectivity index (χ4n) is 1.79. The van der Waals surface area contributed by atoms with Gasteiger partial charge in [0.2, 0.25) is 0 Å². The minimum absolute atomic E-state index is 0.168. The van der Waals surface area contributed by atoms with E-state index in [0.29, 0.717) is 12.8 Å². The van der Waals surface area contributed by atoms with Gasteiger partial charge in [0.15, 0.2) is 0 Å². The molecule has 1 saturated carbocycles. The van der Waals surface area contributed by atoms with Crippen LogP contribution in [0.25, 0.3) is 0 Å². The highest BCUT2D eigenvalue weighted by Crippen LogP contribution is 2.50. The Balaban J connectivity index is 2.41. The Morgan fingerprint density at radius 2 is 1.86 bits per heavy atom. The molecule has 1 aliphatic carbocycles. The Bertz CT molecular complexity index is 200. The van der Waals surface area contributed by atoms with Crippen molar-refractivity contribution in [3.05, 3.63) is 0 Å². The summed E-state index contributed by atoms with van der Waals surface area (Å²) in [4.78, 5) is 0. The monoisotopic (exact) mass is 220 g/mol. The quantitative estimate of drug-likeness (QED) is 0.664. The SMILES string of the molecule is CCOP(=O)(CC)OC1CCCCC1. The molecule has 0 radical (unpaired) electrons. The average Bonchev–Trinajstić information content (AvgIpc) is 2.20. The lowest BCUT2D eigenvalue weighted by Gasteiger charge is -2.26. The molecule has 0 aromatic carbocycles. The number of rotatable bonds is 5. The molecule has 4 heteroatoms. The third-order valence-corrected chi connectivity index (χ3v) is 4.62.